The van der Waals surface area contributed by atoms with Crippen molar-refractivity contribution in [2.75, 3.05) is 13.2 Å². The fourth-order valence-corrected chi connectivity index (χ4v) is 3.62. The number of hydrogen-bond acceptors (Lipinski definition) is 4. The summed E-state index contributed by atoms with van der Waals surface area (Å²) in [6, 6.07) is 0.390. The SMILES string of the molecule is Cc1nn(C)c(C)c1[C@H]1OCC[C@@H]1NCCCCn1ccnc1C. The zero-order chi connectivity index (χ0) is 17.1. The minimum absolute atomic E-state index is 0.134. The highest BCUT2D eigenvalue weighted by molar-refractivity contribution is 5.29. The first-order chi connectivity index (χ1) is 11.6. The molecule has 0 aromatic carbocycles. The van der Waals surface area contributed by atoms with Crippen LogP contribution in [0.2, 0.25) is 0 Å². The summed E-state index contributed by atoms with van der Waals surface area (Å²) >= 11 is 0. The quantitative estimate of drug-likeness (QED) is 0.792. The number of nitrogens with one attached hydrogen (secondary N) is 1. The van der Waals surface area contributed by atoms with Gasteiger partial charge in [-0.1, -0.05) is 0 Å². The third kappa shape index (κ3) is 3.54. The van der Waals surface area contributed by atoms with Crippen molar-refractivity contribution in [1.82, 2.24) is 24.6 Å². The number of imidazole rings is 1. The number of aryl methyl sites for hydroxylation is 4. The fourth-order valence-electron chi connectivity index (χ4n) is 3.62. The van der Waals surface area contributed by atoms with Gasteiger partial charge in [0.05, 0.1) is 5.69 Å². The van der Waals surface area contributed by atoms with Crippen molar-refractivity contribution in [2.45, 2.75) is 58.7 Å². The van der Waals surface area contributed by atoms with Gasteiger partial charge in [-0.3, -0.25) is 4.68 Å². The van der Waals surface area contributed by atoms with Crippen LogP contribution in [0.4, 0.5) is 0 Å². The molecule has 1 aliphatic rings. The van der Waals surface area contributed by atoms with Crippen LogP contribution in [-0.4, -0.2) is 38.5 Å². The van der Waals surface area contributed by atoms with Crippen molar-refractivity contribution in [2.24, 2.45) is 7.05 Å². The van der Waals surface area contributed by atoms with E-state index in [4.69, 9.17) is 4.74 Å². The van der Waals surface area contributed by atoms with Gasteiger partial charge in [-0.25, -0.2) is 4.98 Å². The summed E-state index contributed by atoms with van der Waals surface area (Å²) in [5, 5.41) is 8.24. The van der Waals surface area contributed by atoms with E-state index in [2.05, 4.69) is 46.9 Å². The van der Waals surface area contributed by atoms with Gasteiger partial charge in [0.1, 0.15) is 11.9 Å². The van der Waals surface area contributed by atoms with Gasteiger partial charge in [0.15, 0.2) is 0 Å². The van der Waals surface area contributed by atoms with E-state index in [9.17, 15) is 0 Å². The van der Waals surface area contributed by atoms with Gasteiger partial charge in [0.25, 0.3) is 0 Å². The van der Waals surface area contributed by atoms with Gasteiger partial charge >= 0.3 is 0 Å². The maximum Gasteiger partial charge on any atom is 0.105 e. The van der Waals surface area contributed by atoms with Crippen LogP contribution in [0.5, 0.6) is 0 Å². The Hall–Kier alpha value is -1.66. The van der Waals surface area contributed by atoms with Gasteiger partial charge in [0, 0.05) is 49.9 Å². The predicted molar refractivity (Wildman–Crippen MR) is 94.0 cm³/mol. The fraction of sp³-hybridized carbons (Fsp3) is 0.667. The van der Waals surface area contributed by atoms with Crippen molar-refractivity contribution in [3.63, 3.8) is 0 Å². The number of ether oxygens (including phenoxy) is 1. The predicted octanol–water partition coefficient (Wildman–Crippen LogP) is 2.44. The van der Waals surface area contributed by atoms with E-state index in [1.165, 1.54) is 11.3 Å². The second-order valence-electron chi connectivity index (χ2n) is 6.72. The first-order valence-corrected chi connectivity index (χ1v) is 8.90. The van der Waals surface area contributed by atoms with Crippen molar-refractivity contribution < 1.29 is 4.74 Å². The summed E-state index contributed by atoms with van der Waals surface area (Å²) in [7, 11) is 2.00. The van der Waals surface area contributed by atoms with Crippen LogP contribution in [0.3, 0.4) is 0 Å². The van der Waals surface area contributed by atoms with E-state index in [1.54, 1.807) is 0 Å². The van der Waals surface area contributed by atoms with Gasteiger partial charge in [-0.2, -0.15) is 5.10 Å². The maximum absolute atomic E-state index is 6.03. The Balaban J connectivity index is 1.49. The Morgan fingerprint density at radius 2 is 2.12 bits per heavy atom. The van der Waals surface area contributed by atoms with E-state index < -0.39 is 0 Å². The summed E-state index contributed by atoms with van der Waals surface area (Å²) in [6.07, 6.45) is 7.44. The molecular weight excluding hydrogens is 302 g/mol. The third-order valence-electron chi connectivity index (χ3n) is 5.10. The average molecular weight is 331 g/mol. The Bertz CT molecular complexity index is 675. The van der Waals surface area contributed by atoms with E-state index in [-0.39, 0.29) is 6.10 Å². The largest absolute Gasteiger partial charge is 0.372 e. The molecule has 6 nitrogen and oxygen atoms in total. The lowest BCUT2D eigenvalue weighted by Gasteiger charge is -2.20. The standard InChI is InChI=1S/C18H29N5O/c1-13-17(14(2)22(4)21-13)18-16(7-12-24-18)20-8-5-6-10-23-11-9-19-15(23)3/h9,11,16,18,20H,5-8,10,12H2,1-4H3/t16-,18-/m0/s1. The van der Waals surface area contributed by atoms with Crippen molar-refractivity contribution in [3.8, 4) is 0 Å². The van der Waals surface area contributed by atoms with E-state index >= 15 is 0 Å². The molecule has 0 saturated carbocycles. The Labute approximate surface area is 144 Å². The second-order valence-corrected chi connectivity index (χ2v) is 6.72. The monoisotopic (exact) mass is 331 g/mol. The molecule has 3 heterocycles. The van der Waals surface area contributed by atoms with Gasteiger partial charge < -0.3 is 14.6 Å². The minimum Gasteiger partial charge on any atom is -0.372 e. The minimum atomic E-state index is 0.134. The highest BCUT2D eigenvalue weighted by Crippen LogP contribution is 2.33. The molecule has 6 heteroatoms. The molecule has 0 radical (unpaired) electrons. The van der Waals surface area contributed by atoms with Crippen LogP contribution in [-0.2, 0) is 18.3 Å². The van der Waals surface area contributed by atoms with Gasteiger partial charge in [0.2, 0.25) is 0 Å². The molecule has 1 N–H and O–H groups in total. The number of unbranched alkanes of at least 4 members (excludes halogenated alkanes) is 1. The molecule has 1 saturated heterocycles. The summed E-state index contributed by atoms with van der Waals surface area (Å²) in [5.74, 6) is 1.09. The van der Waals surface area contributed by atoms with Crippen LogP contribution in [0.15, 0.2) is 12.4 Å². The number of aromatic nitrogens is 4. The molecule has 3 rings (SSSR count). The molecule has 132 valence electrons. The lowest BCUT2D eigenvalue weighted by atomic mass is 10.00. The average Bonchev–Trinajstić information content (AvgIpc) is 3.22. The first kappa shape index (κ1) is 17.2. The Morgan fingerprint density at radius 1 is 1.29 bits per heavy atom. The summed E-state index contributed by atoms with van der Waals surface area (Å²) < 4.78 is 10.2. The van der Waals surface area contributed by atoms with Crippen LogP contribution >= 0.6 is 0 Å². The summed E-state index contributed by atoms with van der Waals surface area (Å²) in [6.45, 7) is 9.15. The second kappa shape index (κ2) is 7.49. The van der Waals surface area contributed by atoms with Crippen LogP contribution in [0.1, 0.15) is 48.1 Å². The van der Waals surface area contributed by atoms with E-state index in [0.29, 0.717) is 6.04 Å². The molecule has 0 spiro atoms. The number of rotatable bonds is 7. The highest BCUT2D eigenvalue weighted by atomic mass is 16.5. The van der Waals surface area contributed by atoms with Crippen LogP contribution in [0, 0.1) is 20.8 Å². The highest BCUT2D eigenvalue weighted by Gasteiger charge is 2.33. The molecule has 2 aromatic heterocycles. The molecule has 24 heavy (non-hydrogen) atoms. The zero-order valence-corrected chi connectivity index (χ0v) is 15.2. The van der Waals surface area contributed by atoms with Crippen LogP contribution in [0.25, 0.3) is 0 Å². The molecule has 0 unspecified atom stereocenters. The topological polar surface area (TPSA) is 56.9 Å². The van der Waals surface area contributed by atoms with Crippen molar-refractivity contribution in [3.05, 3.63) is 35.2 Å². The maximum atomic E-state index is 6.03. The van der Waals surface area contributed by atoms with Gasteiger partial charge in [-0.05, 0) is 46.6 Å². The lowest BCUT2D eigenvalue weighted by Crippen LogP contribution is -2.33. The summed E-state index contributed by atoms with van der Waals surface area (Å²) in [4.78, 5) is 4.26. The van der Waals surface area contributed by atoms with Crippen LogP contribution < -0.4 is 5.32 Å². The Kier molecular flexibility index (Phi) is 5.36. The summed E-state index contributed by atoms with van der Waals surface area (Å²) in [5.41, 5.74) is 3.56. The molecule has 0 bridgehead atoms. The van der Waals surface area contributed by atoms with E-state index in [0.717, 1.165) is 50.5 Å². The normalized spacial score (nSPS) is 20.8. The van der Waals surface area contributed by atoms with Crippen molar-refractivity contribution in [1.29, 1.82) is 0 Å². The third-order valence-corrected chi connectivity index (χ3v) is 5.10. The molecule has 2 aromatic rings. The van der Waals surface area contributed by atoms with Gasteiger partial charge in [-0.15, -0.1) is 0 Å². The molecule has 1 aliphatic heterocycles. The molecule has 2 atom stereocenters. The molecule has 0 aliphatic carbocycles. The molecule has 1 fully saturated rings. The van der Waals surface area contributed by atoms with Crippen molar-refractivity contribution >= 4 is 0 Å². The lowest BCUT2D eigenvalue weighted by molar-refractivity contribution is 0.0976. The smallest absolute Gasteiger partial charge is 0.105 e. The number of nitrogens with zero attached hydrogens (tertiary/aromatic N) is 4. The molecule has 0 amide bonds. The Morgan fingerprint density at radius 3 is 2.79 bits per heavy atom. The number of hydrogen-bond donors (Lipinski definition) is 1. The zero-order valence-electron chi connectivity index (χ0n) is 15.2. The van der Waals surface area contributed by atoms with E-state index in [1.807, 2.05) is 17.9 Å². The first-order valence-electron chi connectivity index (χ1n) is 8.90. The molecular formula is C18H29N5O.